The van der Waals surface area contributed by atoms with Gasteiger partial charge in [-0.3, -0.25) is 4.90 Å². The SMILES string of the molecule is Cc1nc2ccc(N)cn2c1CN1CCCCCC1. The summed E-state index contributed by atoms with van der Waals surface area (Å²) >= 11 is 0. The molecule has 0 radical (unpaired) electrons. The number of hydrogen-bond acceptors (Lipinski definition) is 3. The smallest absolute Gasteiger partial charge is 0.137 e. The van der Waals surface area contributed by atoms with E-state index in [1.807, 2.05) is 18.3 Å². The summed E-state index contributed by atoms with van der Waals surface area (Å²) in [5, 5.41) is 0. The van der Waals surface area contributed by atoms with Gasteiger partial charge in [0.1, 0.15) is 5.65 Å². The molecule has 19 heavy (non-hydrogen) atoms. The summed E-state index contributed by atoms with van der Waals surface area (Å²) in [5.41, 5.74) is 10.1. The summed E-state index contributed by atoms with van der Waals surface area (Å²) in [6, 6.07) is 3.91. The molecule has 0 bridgehead atoms. The average Bonchev–Trinajstić information content (AvgIpc) is 2.58. The van der Waals surface area contributed by atoms with Crippen LogP contribution in [0.3, 0.4) is 0 Å². The molecule has 4 heteroatoms. The first-order valence-corrected chi connectivity index (χ1v) is 7.19. The van der Waals surface area contributed by atoms with E-state index in [1.165, 1.54) is 44.5 Å². The summed E-state index contributed by atoms with van der Waals surface area (Å²) in [5.74, 6) is 0. The van der Waals surface area contributed by atoms with E-state index in [4.69, 9.17) is 5.73 Å². The maximum Gasteiger partial charge on any atom is 0.137 e. The minimum absolute atomic E-state index is 0.794. The van der Waals surface area contributed by atoms with Gasteiger partial charge >= 0.3 is 0 Å². The van der Waals surface area contributed by atoms with Crippen molar-refractivity contribution in [2.24, 2.45) is 0 Å². The summed E-state index contributed by atoms with van der Waals surface area (Å²) in [7, 11) is 0. The fraction of sp³-hybridized carbons (Fsp3) is 0.533. The van der Waals surface area contributed by atoms with Crippen molar-refractivity contribution in [1.82, 2.24) is 14.3 Å². The van der Waals surface area contributed by atoms with Gasteiger partial charge < -0.3 is 10.1 Å². The second kappa shape index (κ2) is 5.21. The Morgan fingerprint density at radius 3 is 2.63 bits per heavy atom. The lowest BCUT2D eigenvalue weighted by Crippen LogP contribution is -2.25. The Morgan fingerprint density at radius 2 is 1.89 bits per heavy atom. The van der Waals surface area contributed by atoms with Crippen molar-refractivity contribution >= 4 is 11.3 Å². The van der Waals surface area contributed by atoms with E-state index in [0.29, 0.717) is 0 Å². The van der Waals surface area contributed by atoms with Crippen LogP contribution >= 0.6 is 0 Å². The number of pyridine rings is 1. The maximum absolute atomic E-state index is 5.90. The molecule has 2 N–H and O–H groups in total. The molecule has 0 aliphatic carbocycles. The topological polar surface area (TPSA) is 46.6 Å². The molecule has 0 aromatic carbocycles. The van der Waals surface area contributed by atoms with Crippen LogP contribution in [0.5, 0.6) is 0 Å². The molecule has 0 amide bonds. The van der Waals surface area contributed by atoms with Crippen LogP contribution in [0.25, 0.3) is 5.65 Å². The Morgan fingerprint density at radius 1 is 1.16 bits per heavy atom. The maximum atomic E-state index is 5.90. The van der Waals surface area contributed by atoms with E-state index < -0.39 is 0 Å². The van der Waals surface area contributed by atoms with E-state index >= 15 is 0 Å². The molecule has 1 aliphatic rings. The van der Waals surface area contributed by atoms with Gasteiger partial charge in [-0.2, -0.15) is 0 Å². The molecule has 0 saturated carbocycles. The van der Waals surface area contributed by atoms with Crippen molar-refractivity contribution in [2.45, 2.75) is 39.2 Å². The summed E-state index contributed by atoms with van der Waals surface area (Å²) < 4.78 is 2.15. The predicted molar refractivity (Wildman–Crippen MR) is 78.1 cm³/mol. The molecule has 3 rings (SSSR count). The van der Waals surface area contributed by atoms with Gasteiger partial charge in [0, 0.05) is 18.4 Å². The van der Waals surface area contributed by atoms with Crippen LogP contribution in [0.4, 0.5) is 5.69 Å². The fourth-order valence-electron chi connectivity index (χ4n) is 2.92. The van der Waals surface area contributed by atoms with Gasteiger partial charge in [0.15, 0.2) is 0 Å². The zero-order valence-corrected chi connectivity index (χ0v) is 11.6. The number of aromatic nitrogens is 2. The largest absolute Gasteiger partial charge is 0.398 e. The highest BCUT2D eigenvalue weighted by atomic mass is 15.2. The summed E-state index contributed by atoms with van der Waals surface area (Å²) in [6.45, 7) is 5.48. The standard InChI is InChI=1S/C15H22N4/c1-12-14(11-18-8-4-2-3-5-9-18)19-10-13(16)6-7-15(19)17-12/h6-7,10H,2-5,8-9,11,16H2,1H3. The quantitative estimate of drug-likeness (QED) is 0.900. The van der Waals surface area contributed by atoms with E-state index in [2.05, 4.69) is 21.2 Å². The number of likely N-dealkylation sites (tertiary alicyclic amines) is 1. The number of nitrogens with zero attached hydrogens (tertiary/aromatic N) is 3. The van der Waals surface area contributed by atoms with E-state index in [0.717, 1.165) is 23.6 Å². The highest BCUT2D eigenvalue weighted by molar-refractivity contribution is 5.50. The van der Waals surface area contributed by atoms with Crippen LogP contribution in [-0.4, -0.2) is 27.4 Å². The average molecular weight is 258 g/mol. The highest BCUT2D eigenvalue weighted by Crippen LogP contribution is 2.18. The Bertz CT molecular complexity index is 565. The number of hydrogen-bond donors (Lipinski definition) is 1. The van der Waals surface area contributed by atoms with Crippen LogP contribution in [-0.2, 0) is 6.54 Å². The minimum atomic E-state index is 0.794. The zero-order chi connectivity index (χ0) is 13.2. The zero-order valence-electron chi connectivity index (χ0n) is 11.6. The van der Waals surface area contributed by atoms with Gasteiger partial charge in [0.05, 0.1) is 11.4 Å². The van der Waals surface area contributed by atoms with Gasteiger partial charge in [0.2, 0.25) is 0 Å². The molecular weight excluding hydrogens is 236 g/mol. The van der Waals surface area contributed by atoms with Crippen molar-refractivity contribution in [3.05, 3.63) is 29.7 Å². The number of nitrogen functional groups attached to an aromatic ring is 1. The van der Waals surface area contributed by atoms with Crippen LogP contribution < -0.4 is 5.73 Å². The molecule has 2 aromatic heterocycles. The van der Waals surface area contributed by atoms with Crippen LogP contribution in [0.2, 0.25) is 0 Å². The lowest BCUT2D eigenvalue weighted by Gasteiger charge is -2.19. The molecule has 3 heterocycles. The second-order valence-electron chi connectivity index (χ2n) is 5.52. The summed E-state index contributed by atoms with van der Waals surface area (Å²) in [6.07, 6.45) is 7.36. The molecule has 0 atom stereocenters. The number of rotatable bonds is 2. The highest BCUT2D eigenvalue weighted by Gasteiger charge is 2.14. The van der Waals surface area contributed by atoms with E-state index in [9.17, 15) is 0 Å². The summed E-state index contributed by atoms with van der Waals surface area (Å²) in [4.78, 5) is 7.17. The van der Waals surface area contributed by atoms with Crippen molar-refractivity contribution < 1.29 is 0 Å². The molecule has 0 spiro atoms. The number of anilines is 1. The predicted octanol–water partition coefficient (Wildman–Crippen LogP) is 2.60. The third-order valence-corrected chi connectivity index (χ3v) is 4.01. The number of aryl methyl sites for hydroxylation is 1. The molecule has 1 saturated heterocycles. The lowest BCUT2D eigenvalue weighted by atomic mass is 10.2. The van der Waals surface area contributed by atoms with E-state index in [-0.39, 0.29) is 0 Å². The van der Waals surface area contributed by atoms with E-state index in [1.54, 1.807) is 0 Å². The van der Waals surface area contributed by atoms with Gasteiger partial charge in [-0.15, -0.1) is 0 Å². The first-order valence-electron chi connectivity index (χ1n) is 7.19. The van der Waals surface area contributed by atoms with Gasteiger partial charge in [-0.1, -0.05) is 12.8 Å². The normalized spacial score (nSPS) is 17.7. The number of nitrogens with two attached hydrogens (primary N) is 1. The third kappa shape index (κ3) is 2.59. The number of fused-ring (bicyclic) bond motifs is 1. The van der Waals surface area contributed by atoms with Crippen LogP contribution in [0.1, 0.15) is 37.1 Å². The molecule has 102 valence electrons. The molecule has 2 aromatic rings. The molecule has 0 unspecified atom stereocenters. The van der Waals surface area contributed by atoms with Crippen molar-refractivity contribution in [3.63, 3.8) is 0 Å². The Balaban J connectivity index is 1.90. The Hall–Kier alpha value is -1.55. The minimum Gasteiger partial charge on any atom is -0.398 e. The molecule has 1 aliphatic heterocycles. The lowest BCUT2D eigenvalue weighted by molar-refractivity contribution is 0.272. The first-order chi connectivity index (χ1) is 9.24. The van der Waals surface area contributed by atoms with Crippen molar-refractivity contribution in [3.8, 4) is 0 Å². The monoisotopic (exact) mass is 258 g/mol. The third-order valence-electron chi connectivity index (χ3n) is 4.01. The van der Waals surface area contributed by atoms with Crippen molar-refractivity contribution in [1.29, 1.82) is 0 Å². The van der Waals surface area contributed by atoms with Crippen LogP contribution in [0.15, 0.2) is 18.3 Å². The van der Waals surface area contributed by atoms with Crippen molar-refractivity contribution in [2.75, 3.05) is 18.8 Å². The van der Waals surface area contributed by atoms with Gasteiger partial charge in [0.25, 0.3) is 0 Å². The second-order valence-corrected chi connectivity index (χ2v) is 5.52. The first kappa shape index (κ1) is 12.5. The molecular formula is C15H22N4. The van der Waals surface area contributed by atoms with Gasteiger partial charge in [-0.25, -0.2) is 4.98 Å². The Kier molecular flexibility index (Phi) is 3.42. The molecule has 4 nitrogen and oxygen atoms in total. The Labute approximate surface area is 114 Å². The fourth-order valence-corrected chi connectivity index (χ4v) is 2.92. The molecule has 1 fully saturated rings. The van der Waals surface area contributed by atoms with Crippen LogP contribution in [0, 0.1) is 6.92 Å². The number of imidazole rings is 1. The van der Waals surface area contributed by atoms with Gasteiger partial charge in [-0.05, 0) is 45.0 Å².